The Kier molecular flexibility index (Phi) is 29.0. The lowest BCUT2D eigenvalue weighted by Crippen LogP contribution is -2.51. The number of unbranched alkanes of at least 4 members (excludes halogenated alkanes) is 3. The number of hydrogen-bond acceptors (Lipinski definition) is 16. The van der Waals surface area contributed by atoms with Crippen LogP contribution in [0.3, 0.4) is 0 Å². The number of para-hydroxylation sites is 1. The van der Waals surface area contributed by atoms with Gasteiger partial charge in [-0.05, 0) is 146 Å². The Hall–Kier alpha value is -6.89. The Labute approximate surface area is 444 Å². The first-order valence-corrected chi connectivity index (χ1v) is 25.3. The normalized spacial score (nSPS) is 13.3. The number of ether oxygens (including phenoxy) is 4. The van der Waals surface area contributed by atoms with E-state index >= 15 is 0 Å². The number of Topliss-reactive ketones (excluding diaryl/α,β-unsaturated/α-hetero) is 3. The number of ketones is 3. The summed E-state index contributed by atoms with van der Waals surface area (Å²) in [5, 5.41) is 11.6. The molecule has 0 saturated heterocycles. The van der Waals surface area contributed by atoms with E-state index < -0.39 is 101 Å². The van der Waals surface area contributed by atoms with E-state index in [2.05, 4.69) is 30.6 Å². The van der Waals surface area contributed by atoms with Crippen LogP contribution in [0.25, 0.3) is 0 Å². The predicted molar refractivity (Wildman–Crippen MR) is 272 cm³/mol. The van der Waals surface area contributed by atoms with Crippen molar-refractivity contribution < 1.29 is 74.2 Å². The van der Waals surface area contributed by atoms with Crippen molar-refractivity contribution in [2.45, 2.75) is 121 Å². The molecule has 4 aromatic rings. The highest BCUT2D eigenvalue weighted by atomic mass is 19.2. The van der Waals surface area contributed by atoms with E-state index in [1.807, 2.05) is 0 Å². The molecule has 0 radical (unpaired) electrons. The molecule has 1 fully saturated rings. The molecule has 0 bridgehead atoms. The van der Waals surface area contributed by atoms with Crippen LogP contribution in [0.5, 0.6) is 17.4 Å². The van der Waals surface area contributed by atoms with Gasteiger partial charge in [0.1, 0.15) is 30.8 Å². The molecule has 0 aliphatic heterocycles. The van der Waals surface area contributed by atoms with E-state index in [9.17, 15) is 50.7 Å². The molecular formula is C53H71F5N8O11. The van der Waals surface area contributed by atoms with Gasteiger partial charge in [0.15, 0.2) is 58.7 Å². The zero-order valence-electron chi connectivity index (χ0n) is 43.6. The molecule has 1 aliphatic carbocycles. The minimum absolute atomic E-state index is 0.0185. The first-order valence-electron chi connectivity index (χ1n) is 25.3. The molecule has 3 unspecified atom stereocenters. The minimum atomic E-state index is -1.52. The fraction of sp³-hybridized carbons (Fsp3) is 0.509. The summed E-state index contributed by atoms with van der Waals surface area (Å²) in [7, 11) is 1.38. The lowest BCUT2D eigenvalue weighted by atomic mass is 10.0. The summed E-state index contributed by atoms with van der Waals surface area (Å²) in [6.45, 7) is 3.12. The van der Waals surface area contributed by atoms with Gasteiger partial charge in [-0.25, -0.2) is 17.6 Å². The van der Waals surface area contributed by atoms with Crippen molar-refractivity contribution in [3.8, 4) is 17.4 Å². The maximum atomic E-state index is 13.7. The van der Waals surface area contributed by atoms with Gasteiger partial charge in [-0.1, -0.05) is 25.0 Å². The molecule has 1 aliphatic rings. The van der Waals surface area contributed by atoms with Crippen molar-refractivity contribution in [2.24, 2.45) is 23.1 Å². The van der Waals surface area contributed by atoms with Gasteiger partial charge in [0, 0.05) is 25.3 Å². The zero-order chi connectivity index (χ0) is 56.8. The van der Waals surface area contributed by atoms with Crippen molar-refractivity contribution in [3.63, 3.8) is 0 Å². The Morgan fingerprint density at radius 3 is 1.65 bits per heavy atom. The molecule has 3 atom stereocenters. The molecule has 2 aromatic carbocycles. The molecule has 24 heteroatoms. The molecule has 0 spiro atoms. The standard InChI is InChI=1S/C19H20F3N3O3.C18H26F2N2O4.C16H25N3O4/c20-12-7-8-13(21)18(17(12)22)28-11-16(26)14(5-1-3-9-23)25-19(27)15-6-2-4-10-24-15;1-18(2,25-3)17(24)22-14(9-4-5-10-21)15(23)11-26-16-12(19)7-6-8-13(16)20;17-9-4-3-7-13(18-16(21)12-5-1-2-6-12)14(20)11-22-15-8-10-23-19-15/h2,4,6-8,10,14H,1,3,5,9,11,23H2,(H,25,27);6-8,14H,4-5,9-11,21H2,1-3H3,(H,22,24);8,10,12-13H,1-7,9,11,17H2,(H,18,21). The van der Waals surface area contributed by atoms with Crippen LogP contribution < -0.4 is 47.4 Å². The number of carbonyl (C=O) groups excluding carboxylic acids is 6. The summed E-state index contributed by atoms with van der Waals surface area (Å²) in [5.74, 6) is -9.39. The van der Waals surface area contributed by atoms with Crippen LogP contribution >= 0.6 is 0 Å². The van der Waals surface area contributed by atoms with Crippen LogP contribution in [-0.2, 0) is 28.7 Å². The number of amides is 3. The fourth-order valence-electron chi connectivity index (χ4n) is 7.32. The van der Waals surface area contributed by atoms with E-state index in [-0.39, 0.29) is 42.2 Å². The lowest BCUT2D eigenvalue weighted by molar-refractivity contribution is -0.142. The van der Waals surface area contributed by atoms with E-state index in [4.69, 9.17) is 36.1 Å². The Morgan fingerprint density at radius 2 is 1.14 bits per heavy atom. The topological polar surface area (TPSA) is 292 Å². The van der Waals surface area contributed by atoms with Gasteiger partial charge >= 0.3 is 0 Å². The van der Waals surface area contributed by atoms with Gasteiger partial charge in [-0.15, -0.1) is 0 Å². The van der Waals surface area contributed by atoms with Crippen LogP contribution in [0.15, 0.2) is 71.6 Å². The average molecular weight is 1090 g/mol. The largest absolute Gasteiger partial charge is 0.480 e. The molecule has 5 rings (SSSR count). The molecule has 3 amide bonds. The summed E-state index contributed by atoms with van der Waals surface area (Å²) < 4.78 is 92.5. The van der Waals surface area contributed by atoms with Crippen LogP contribution in [0.4, 0.5) is 22.0 Å². The second kappa shape index (κ2) is 34.7. The second-order valence-electron chi connectivity index (χ2n) is 18.2. The number of aromatic nitrogens is 2. The van der Waals surface area contributed by atoms with Crippen LogP contribution in [0.2, 0.25) is 0 Å². The van der Waals surface area contributed by atoms with Crippen molar-refractivity contribution in [2.75, 3.05) is 46.6 Å². The SMILES string of the molecule is COC(C)(C)C(=O)NC(CCCCN)C(=O)COc1c(F)cccc1F.NCCCCC(NC(=O)C1CCCC1)C(=O)COc1ccon1.NCCCCC(NC(=O)c1ccccn1)C(=O)COc1c(F)ccc(F)c1F. The maximum absolute atomic E-state index is 13.7. The van der Waals surface area contributed by atoms with Gasteiger partial charge in [0.25, 0.3) is 17.7 Å². The van der Waals surface area contributed by atoms with Gasteiger partial charge in [0.2, 0.25) is 11.7 Å². The number of nitrogens with two attached hydrogens (primary N) is 3. The monoisotopic (exact) mass is 1090 g/mol. The summed E-state index contributed by atoms with van der Waals surface area (Å²) in [6.07, 6.45) is 12.0. The molecule has 77 heavy (non-hydrogen) atoms. The molecule has 1 saturated carbocycles. The molecule has 19 nitrogen and oxygen atoms in total. The first-order chi connectivity index (χ1) is 36.9. The molecular weight excluding hydrogens is 1020 g/mol. The summed E-state index contributed by atoms with van der Waals surface area (Å²) >= 11 is 0. The Morgan fingerprint density at radius 1 is 0.636 bits per heavy atom. The highest BCUT2D eigenvalue weighted by molar-refractivity contribution is 5.97. The third kappa shape index (κ3) is 22.7. The highest BCUT2D eigenvalue weighted by Gasteiger charge is 2.32. The van der Waals surface area contributed by atoms with Crippen LogP contribution in [-0.4, -0.2) is 116 Å². The second-order valence-corrected chi connectivity index (χ2v) is 18.2. The molecule has 2 aromatic heterocycles. The van der Waals surface area contributed by atoms with E-state index in [0.717, 1.165) is 50.7 Å². The number of carbonyl (C=O) groups is 6. The van der Waals surface area contributed by atoms with E-state index in [0.29, 0.717) is 70.3 Å². The Bertz CT molecular complexity index is 2430. The number of hydrogen-bond donors (Lipinski definition) is 6. The number of rotatable bonds is 31. The van der Waals surface area contributed by atoms with Crippen molar-refractivity contribution >= 4 is 35.1 Å². The zero-order valence-corrected chi connectivity index (χ0v) is 43.6. The van der Waals surface area contributed by atoms with Gasteiger partial charge in [-0.2, -0.15) is 4.39 Å². The smallest absolute Gasteiger partial charge is 0.270 e. The predicted octanol–water partition coefficient (Wildman–Crippen LogP) is 5.75. The Balaban J connectivity index is 0.000000305. The van der Waals surface area contributed by atoms with E-state index in [1.54, 1.807) is 26.0 Å². The molecule has 424 valence electrons. The molecule has 2 heterocycles. The van der Waals surface area contributed by atoms with Gasteiger partial charge in [0.05, 0.1) is 18.1 Å². The number of nitrogens with one attached hydrogen (secondary N) is 3. The van der Waals surface area contributed by atoms with Crippen LogP contribution in [0, 0.1) is 35.0 Å². The van der Waals surface area contributed by atoms with Gasteiger partial charge < -0.3 is 56.6 Å². The summed E-state index contributed by atoms with van der Waals surface area (Å²) in [4.78, 5) is 77.9. The number of methoxy groups -OCH3 is 1. The summed E-state index contributed by atoms with van der Waals surface area (Å²) in [6, 6.07) is 8.47. The van der Waals surface area contributed by atoms with Crippen molar-refractivity contribution in [1.82, 2.24) is 26.1 Å². The van der Waals surface area contributed by atoms with Crippen LogP contribution in [0.1, 0.15) is 108 Å². The van der Waals surface area contributed by atoms with Crippen molar-refractivity contribution in [1.29, 1.82) is 0 Å². The number of pyridine rings is 1. The quantitative estimate of drug-likeness (QED) is 0.0199. The third-order valence-electron chi connectivity index (χ3n) is 12.0. The summed E-state index contributed by atoms with van der Waals surface area (Å²) in [5.41, 5.74) is 15.4. The third-order valence-corrected chi connectivity index (χ3v) is 12.0. The van der Waals surface area contributed by atoms with Gasteiger partial charge in [-0.3, -0.25) is 33.8 Å². The maximum Gasteiger partial charge on any atom is 0.270 e. The fourth-order valence-corrected chi connectivity index (χ4v) is 7.32. The number of halogens is 5. The number of nitrogens with zero attached hydrogens (tertiary/aromatic N) is 2. The average Bonchev–Trinajstić information content (AvgIpc) is 4.17. The van der Waals surface area contributed by atoms with E-state index in [1.165, 1.54) is 37.8 Å². The van der Waals surface area contributed by atoms with Crippen molar-refractivity contribution in [3.05, 3.63) is 102 Å². The first kappa shape index (κ1) is 64.4. The highest BCUT2D eigenvalue weighted by Crippen LogP contribution is 2.26. The minimum Gasteiger partial charge on any atom is -0.480 e. The lowest BCUT2D eigenvalue weighted by Gasteiger charge is -2.25. The molecule has 9 N–H and O–H groups in total. The number of benzene rings is 2.